The average molecular weight is 383 g/mol. The van der Waals surface area contributed by atoms with Gasteiger partial charge in [0.2, 0.25) is 0 Å². The lowest BCUT2D eigenvalue weighted by Gasteiger charge is -2.27. The van der Waals surface area contributed by atoms with Crippen LogP contribution >= 0.6 is 0 Å². The molecule has 0 spiro atoms. The van der Waals surface area contributed by atoms with Gasteiger partial charge in [-0.2, -0.15) is 5.10 Å². The molecule has 1 aliphatic carbocycles. The highest BCUT2D eigenvalue weighted by atomic mass is 16.4. The Balaban J connectivity index is 1.72. The number of carbonyl (C=O) groups is 2. The van der Waals surface area contributed by atoms with Crippen LogP contribution in [0.2, 0.25) is 0 Å². The van der Waals surface area contributed by atoms with Crippen molar-refractivity contribution in [2.75, 3.05) is 0 Å². The first-order valence-corrected chi connectivity index (χ1v) is 10.1. The van der Waals surface area contributed by atoms with E-state index >= 15 is 0 Å². The van der Waals surface area contributed by atoms with E-state index in [2.05, 4.69) is 10.4 Å². The summed E-state index contributed by atoms with van der Waals surface area (Å²) in [5, 5.41) is 17.1. The molecule has 3 rings (SSSR count). The molecule has 6 heteroatoms. The summed E-state index contributed by atoms with van der Waals surface area (Å²) in [5.74, 6) is -1.53. The molecule has 1 aromatic heterocycles. The molecule has 2 unspecified atom stereocenters. The molecule has 6 nitrogen and oxygen atoms in total. The van der Waals surface area contributed by atoms with Gasteiger partial charge in [0.25, 0.3) is 5.91 Å². The number of benzene rings is 1. The van der Waals surface area contributed by atoms with Crippen molar-refractivity contribution in [1.82, 2.24) is 15.1 Å². The van der Waals surface area contributed by atoms with Gasteiger partial charge in [-0.05, 0) is 50.5 Å². The third-order valence-electron chi connectivity index (χ3n) is 5.52. The van der Waals surface area contributed by atoms with E-state index in [9.17, 15) is 14.7 Å². The van der Waals surface area contributed by atoms with E-state index in [1.54, 1.807) is 6.07 Å². The molecule has 0 bridgehead atoms. The Hall–Kier alpha value is -2.63. The van der Waals surface area contributed by atoms with E-state index < -0.39 is 11.9 Å². The van der Waals surface area contributed by atoms with Crippen LogP contribution in [0.25, 0.3) is 0 Å². The maximum atomic E-state index is 12.8. The Kier molecular flexibility index (Phi) is 6.49. The second kappa shape index (κ2) is 9.04. The number of carboxylic acids is 1. The minimum absolute atomic E-state index is 0.202. The van der Waals surface area contributed by atoms with Crippen LogP contribution in [-0.4, -0.2) is 32.8 Å². The zero-order valence-electron chi connectivity index (χ0n) is 16.6. The van der Waals surface area contributed by atoms with Crippen molar-refractivity contribution in [3.05, 3.63) is 52.8 Å². The van der Waals surface area contributed by atoms with Crippen molar-refractivity contribution in [3.8, 4) is 0 Å². The van der Waals surface area contributed by atoms with Crippen LogP contribution in [0.15, 0.2) is 30.3 Å². The number of rotatable bonds is 5. The summed E-state index contributed by atoms with van der Waals surface area (Å²) in [4.78, 5) is 24.5. The minimum Gasteiger partial charge on any atom is -0.481 e. The maximum Gasteiger partial charge on any atom is 0.308 e. The molecule has 2 atom stereocenters. The van der Waals surface area contributed by atoms with Crippen molar-refractivity contribution in [1.29, 1.82) is 0 Å². The summed E-state index contributed by atoms with van der Waals surface area (Å²) in [6.45, 7) is 4.57. The van der Waals surface area contributed by atoms with Crippen LogP contribution in [0.5, 0.6) is 0 Å². The molecular weight excluding hydrogens is 354 g/mol. The molecule has 2 aromatic rings. The van der Waals surface area contributed by atoms with Gasteiger partial charge in [-0.3, -0.25) is 14.3 Å². The van der Waals surface area contributed by atoms with Gasteiger partial charge >= 0.3 is 5.97 Å². The predicted molar refractivity (Wildman–Crippen MR) is 107 cm³/mol. The van der Waals surface area contributed by atoms with Crippen molar-refractivity contribution in [2.45, 2.75) is 65.0 Å². The quantitative estimate of drug-likeness (QED) is 0.824. The Bertz CT molecular complexity index is 843. The van der Waals surface area contributed by atoms with E-state index in [4.69, 9.17) is 0 Å². The molecule has 0 aliphatic heterocycles. The number of nitrogens with one attached hydrogen (secondary N) is 1. The number of nitrogens with zero attached hydrogens (tertiary/aromatic N) is 2. The SMILES string of the molecule is Cc1cc(C)n(Cc2cccc(C(=O)NC3CCCCCCC3C(=O)O)c2)n1. The van der Waals surface area contributed by atoms with E-state index in [0.717, 1.165) is 42.6 Å². The van der Waals surface area contributed by atoms with E-state index in [0.29, 0.717) is 24.9 Å². The largest absolute Gasteiger partial charge is 0.481 e. The van der Waals surface area contributed by atoms with Crippen LogP contribution in [0.3, 0.4) is 0 Å². The first kappa shape index (κ1) is 20.1. The number of carbonyl (C=O) groups excluding carboxylic acids is 1. The molecule has 1 aromatic carbocycles. The van der Waals surface area contributed by atoms with Crippen LogP contribution in [0.1, 0.15) is 65.8 Å². The molecule has 1 fully saturated rings. The number of aromatic nitrogens is 2. The van der Waals surface area contributed by atoms with E-state index in [-0.39, 0.29) is 11.9 Å². The highest BCUT2D eigenvalue weighted by Crippen LogP contribution is 2.23. The number of aliphatic carboxylic acids is 1. The summed E-state index contributed by atoms with van der Waals surface area (Å²) in [6, 6.07) is 9.19. The summed E-state index contributed by atoms with van der Waals surface area (Å²) >= 11 is 0. The number of hydrogen-bond donors (Lipinski definition) is 2. The van der Waals surface area contributed by atoms with Crippen molar-refractivity contribution >= 4 is 11.9 Å². The average Bonchev–Trinajstić information content (AvgIpc) is 2.94. The topological polar surface area (TPSA) is 84.2 Å². The smallest absolute Gasteiger partial charge is 0.308 e. The molecule has 1 saturated carbocycles. The van der Waals surface area contributed by atoms with Crippen LogP contribution in [0.4, 0.5) is 0 Å². The van der Waals surface area contributed by atoms with Crippen LogP contribution in [0, 0.1) is 19.8 Å². The van der Waals surface area contributed by atoms with E-state index in [1.807, 2.05) is 42.8 Å². The molecule has 1 heterocycles. The lowest BCUT2D eigenvalue weighted by atomic mass is 9.86. The molecule has 0 radical (unpaired) electrons. The molecule has 1 aliphatic rings. The summed E-state index contributed by atoms with van der Waals surface area (Å²) in [6.07, 6.45) is 5.36. The summed E-state index contributed by atoms with van der Waals surface area (Å²) in [7, 11) is 0. The van der Waals surface area contributed by atoms with Crippen LogP contribution in [-0.2, 0) is 11.3 Å². The fraction of sp³-hybridized carbons (Fsp3) is 0.500. The first-order valence-electron chi connectivity index (χ1n) is 10.1. The fourth-order valence-corrected chi connectivity index (χ4v) is 4.02. The minimum atomic E-state index is -0.814. The van der Waals surface area contributed by atoms with Crippen molar-refractivity contribution in [3.63, 3.8) is 0 Å². The fourth-order valence-electron chi connectivity index (χ4n) is 4.02. The van der Waals surface area contributed by atoms with Crippen molar-refractivity contribution in [2.24, 2.45) is 5.92 Å². The number of amides is 1. The van der Waals surface area contributed by atoms with Gasteiger partial charge in [0.05, 0.1) is 18.2 Å². The Labute approximate surface area is 166 Å². The molecule has 28 heavy (non-hydrogen) atoms. The highest BCUT2D eigenvalue weighted by molar-refractivity contribution is 5.94. The third-order valence-corrected chi connectivity index (χ3v) is 5.52. The van der Waals surface area contributed by atoms with Crippen LogP contribution < -0.4 is 5.32 Å². The predicted octanol–water partition coefficient (Wildman–Crippen LogP) is 3.70. The van der Waals surface area contributed by atoms with Crippen molar-refractivity contribution < 1.29 is 14.7 Å². The lowest BCUT2D eigenvalue weighted by molar-refractivity contribution is -0.143. The standard InChI is InChI=1S/C22H29N3O3/c1-15-12-16(2)25(24-15)14-17-8-7-9-18(13-17)21(26)23-20-11-6-4-3-5-10-19(20)22(27)28/h7-9,12-13,19-20H,3-6,10-11,14H2,1-2H3,(H,23,26)(H,27,28). The Morgan fingerprint density at radius 3 is 2.57 bits per heavy atom. The van der Waals surface area contributed by atoms with Gasteiger partial charge in [0.15, 0.2) is 0 Å². The number of hydrogen-bond acceptors (Lipinski definition) is 3. The molecule has 2 N–H and O–H groups in total. The molecule has 1 amide bonds. The molecule has 0 saturated heterocycles. The van der Waals surface area contributed by atoms with Gasteiger partial charge in [0.1, 0.15) is 0 Å². The third kappa shape index (κ3) is 5.00. The van der Waals surface area contributed by atoms with E-state index in [1.165, 1.54) is 0 Å². The zero-order chi connectivity index (χ0) is 20.1. The normalized spacial score (nSPS) is 20.2. The molecule has 150 valence electrons. The second-order valence-electron chi connectivity index (χ2n) is 7.80. The molecular formula is C22H29N3O3. The number of aryl methyl sites for hydroxylation is 2. The maximum absolute atomic E-state index is 12.8. The monoisotopic (exact) mass is 383 g/mol. The lowest BCUT2D eigenvalue weighted by Crippen LogP contribution is -2.44. The zero-order valence-corrected chi connectivity index (χ0v) is 16.6. The van der Waals surface area contributed by atoms with Gasteiger partial charge in [-0.15, -0.1) is 0 Å². The second-order valence-corrected chi connectivity index (χ2v) is 7.80. The first-order chi connectivity index (χ1) is 13.4. The summed E-state index contributed by atoms with van der Waals surface area (Å²) in [5.41, 5.74) is 3.60. The highest BCUT2D eigenvalue weighted by Gasteiger charge is 2.30. The Morgan fingerprint density at radius 1 is 1.14 bits per heavy atom. The van der Waals surface area contributed by atoms with Gasteiger partial charge in [-0.1, -0.05) is 37.8 Å². The summed E-state index contributed by atoms with van der Waals surface area (Å²) < 4.78 is 1.92. The van der Waals surface area contributed by atoms with Gasteiger partial charge in [0, 0.05) is 17.3 Å². The van der Waals surface area contributed by atoms with Gasteiger partial charge < -0.3 is 10.4 Å². The Morgan fingerprint density at radius 2 is 1.89 bits per heavy atom. The van der Waals surface area contributed by atoms with Gasteiger partial charge in [-0.25, -0.2) is 0 Å². The number of carboxylic acid groups (broad SMARTS) is 1.